The highest BCUT2D eigenvalue weighted by atomic mass is 35.5. The molecule has 0 radical (unpaired) electrons. The summed E-state index contributed by atoms with van der Waals surface area (Å²) in [6, 6.07) is 6.61. The van der Waals surface area contributed by atoms with Crippen LogP contribution in [0.1, 0.15) is 6.42 Å². The van der Waals surface area contributed by atoms with Gasteiger partial charge in [0.1, 0.15) is 6.54 Å². The first kappa shape index (κ1) is 17.3. The number of rotatable bonds is 4. The van der Waals surface area contributed by atoms with Crippen LogP contribution < -0.4 is 5.73 Å². The summed E-state index contributed by atoms with van der Waals surface area (Å²) < 4.78 is 4.58. The summed E-state index contributed by atoms with van der Waals surface area (Å²) in [5, 5.41) is 0.0444. The van der Waals surface area contributed by atoms with E-state index in [4.69, 9.17) is 17.3 Å². The number of amidine groups is 1. The number of carbonyl (C=O) groups is 3. The molecule has 1 saturated heterocycles. The highest BCUT2D eigenvalue weighted by Gasteiger charge is 2.36. The van der Waals surface area contributed by atoms with E-state index in [-0.39, 0.29) is 18.1 Å². The molecule has 1 unspecified atom stereocenters. The number of esters is 1. The van der Waals surface area contributed by atoms with Crippen molar-refractivity contribution in [2.45, 2.75) is 11.7 Å². The minimum atomic E-state index is -0.720. The second kappa shape index (κ2) is 7.47. The molecule has 1 heterocycles. The van der Waals surface area contributed by atoms with E-state index in [1.807, 2.05) is 0 Å². The Hall–Kier alpha value is -2.06. The lowest BCUT2D eigenvalue weighted by molar-refractivity contribution is -0.144. The molecule has 0 bridgehead atoms. The van der Waals surface area contributed by atoms with Gasteiger partial charge in [0.2, 0.25) is 11.8 Å². The van der Waals surface area contributed by atoms with Crippen molar-refractivity contribution >= 4 is 52.0 Å². The Labute approximate surface area is 141 Å². The zero-order valence-electron chi connectivity index (χ0n) is 12.2. The average molecular weight is 356 g/mol. The third kappa shape index (κ3) is 4.46. The molecule has 1 atom stereocenters. The van der Waals surface area contributed by atoms with Crippen LogP contribution in [0, 0.1) is 0 Å². The number of primary amides is 1. The van der Waals surface area contributed by atoms with Crippen molar-refractivity contribution in [2.75, 3.05) is 13.7 Å². The molecule has 1 aromatic carbocycles. The average Bonchev–Trinajstić information content (AvgIpc) is 2.52. The number of nitrogens with two attached hydrogens (primary N) is 1. The van der Waals surface area contributed by atoms with Crippen LogP contribution in [0.25, 0.3) is 0 Å². The fraction of sp³-hybridized carbons (Fsp3) is 0.286. The summed E-state index contributed by atoms with van der Waals surface area (Å²) in [5.41, 5.74) is 5.82. The summed E-state index contributed by atoms with van der Waals surface area (Å²) in [7, 11) is 1.23. The van der Waals surface area contributed by atoms with Gasteiger partial charge in [-0.05, 0) is 24.3 Å². The number of hydrogen-bond donors (Lipinski definition) is 1. The molecular formula is C14H14ClN3O4S. The van der Waals surface area contributed by atoms with Crippen LogP contribution in [-0.2, 0) is 19.1 Å². The maximum absolute atomic E-state index is 12.2. The summed E-state index contributed by atoms with van der Waals surface area (Å²) in [5.74, 6) is -1.60. The van der Waals surface area contributed by atoms with E-state index in [0.717, 1.165) is 11.8 Å². The number of amides is 2. The van der Waals surface area contributed by atoms with Crippen molar-refractivity contribution in [3.8, 4) is 0 Å². The Morgan fingerprint density at radius 1 is 1.43 bits per heavy atom. The van der Waals surface area contributed by atoms with E-state index in [0.29, 0.717) is 10.7 Å². The lowest BCUT2D eigenvalue weighted by Crippen LogP contribution is -2.47. The van der Waals surface area contributed by atoms with Crippen LogP contribution in [-0.4, -0.2) is 46.8 Å². The maximum atomic E-state index is 12.2. The van der Waals surface area contributed by atoms with Gasteiger partial charge in [0, 0.05) is 11.4 Å². The van der Waals surface area contributed by atoms with Gasteiger partial charge < -0.3 is 10.5 Å². The summed E-state index contributed by atoms with van der Waals surface area (Å²) >= 11 is 6.86. The van der Waals surface area contributed by atoms with Gasteiger partial charge in [-0.1, -0.05) is 23.4 Å². The number of hydrogen-bond acceptors (Lipinski definition) is 6. The molecule has 23 heavy (non-hydrogen) atoms. The Bertz CT molecular complexity index is 662. The zero-order chi connectivity index (χ0) is 17.0. The molecule has 0 aliphatic carbocycles. The molecule has 122 valence electrons. The monoisotopic (exact) mass is 355 g/mol. The molecule has 2 N–H and O–H groups in total. The third-order valence-corrected chi connectivity index (χ3v) is 4.48. The van der Waals surface area contributed by atoms with E-state index in [2.05, 4.69) is 9.73 Å². The van der Waals surface area contributed by atoms with Gasteiger partial charge >= 0.3 is 5.97 Å². The molecular weight excluding hydrogens is 342 g/mol. The second-order valence-electron chi connectivity index (χ2n) is 4.64. The number of ether oxygens (including phenoxy) is 1. The summed E-state index contributed by atoms with van der Waals surface area (Å²) in [4.78, 5) is 40.6. The highest BCUT2D eigenvalue weighted by Crippen LogP contribution is 2.29. The Morgan fingerprint density at radius 3 is 2.65 bits per heavy atom. The normalized spacial score (nSPS) is 19.7. The van der Waals surface area contributed by atoms with Gasteiger partial charge in [0.25, 0.3) is 0 Å². The molecule has 2 rings (SSSR count). The van der Waals surface area contributed by atoms with Gasteiger partial charge in [-0.3, -0.25) is 19.3 Å². The first-order valence-corrected chi connectivity index (χ1v) is 7.84. The van der Waals surface area contributed by atoms with Crippen LogP contribution in [0.3, 0.4) is 0 Å². The predicted molar refractivity (Wildman–Crippen MR) is 87.5 cm³/mol. The van der Waals surface area contributed by atoms with Crippen LogP contribution >= 0.6 is 23.4 Å². The Kier molecular flexibility index (Phi) is 5.62. The smallest absolute Gasteiger partial charge is 0.325 e. The predicted octanol–water partition coefficient (Wildman–Crippen LogP) is 1.32. The number of aliphatic imine (C=N–C) groups is 1. The first-order valence-electron chi connectivity index (χ1n) is 6.58. The number of thioether (sulfide) groups is 1. The molecule has 0 aromatic heterocycles. The lowest BCUT2D eigenvalue weighted by Gasteiger charge is -2.30. The van der Waals surface area contributed by atoms with Crippen molar-refractivity contribution in [1.82, 2.24) is 4.90 Å². The fourth-order valence-electron chi connectivity index (χ4n) is 1.83. The number of nitrogens with zero attached hydrogens (tertiary/aromatic N) is 2. The molecule has 0 spiro atoms. The number of carbonyl (C=O) groups excluding carboxylic acids is 3. The standard InChI is InChI=1S/C14H14ClN3O4S/c1-22-12(20)7-18-11(19)6-10(13(16)21)23-14(18)17-9-4-2-8(15)3-5-9/h2-5,10H,6-7H2,1H3,(H2,16,21). The van der Waals surface area contributed by atoms with Crippen LogP contribution in [0.15, 0.2) is 29.3 Å². The van der Waals surface area contributed by atoms with E-state index < -0.39 is 23.0 Å². The van der Waals surface area contributed by atoms with E-state index in [1.165, 1.54) is 12.0 Å². The zero-order valence-corrected chi connectivity index (χ0v) is 13.8. The van der Waals surface area contributed by atoms with Crippen molar-refractivity contribution in [1.29, 1.82) is 0 Å². The molecule has 1 aliphatic rings. The van der Waals surface area contributed by atoms with Crippen LogP contribution in [0.2, 0.25) is 5.02 Å². The minimum absolute atomic E-state index is 0.0867. The van der Waals surface area contributed by atoms with Crippen LogP contribution in [0.4, 0.5) is 5.69 Å². The minimum Gasteiger partial charge on any atom is -0.468 e. The molecule has 1 aliphatic heterocycles. The van der Waals surface area contributed by atoms with Gasteiger partial charge in [-0.2, -0.15) is 0 Å². The Balaban J connectivity index is 2.33. The third-order valence-electron chi connectivity index (χ3n) is 3.02. The van der Waals surface area contributed by atoms with E-state index >= 15 is 0 Å². The van der Waals surface area contributed by atoms with Gasteiger partial charge in [-0.15, -0.1) is 0 Å². The molecule has 7 nitrogen and oxygen atoms in total. The number of halogens is 1. The van der Waals surface area contributed by atoms with Crippen LogP contribution in [0.5, 0.6) is 0 Å². The molecule has 0 saturated carbocycles. The maximum Gasteiger partial charge on any atom is 0.325 e. The fourth-order valence-corrected chi connectivity index (χ4v) is 3.00. The number of benzene rings is 1. The van der Waals surface area contributed by atoms with E-state index in [1.54, 1.807) is 24.3 Å². The van der Waals surface area contributed by atoms with Crippen molar-refractivity contribution < 1.29 is 19.1 Å². The van der Waals surface area contributed by atoms with Gasteiger partial charge in [0.05, 0.1) is 18.0 Å². The number of methoxy groups -OCH3 is 1. The molecule has 9 heteroatoms. The van der Waals surface area contributed by atoms with Crippen molar-refractivity contribution in [3.63, 3.8) is 0 Å². The molecule has 1 fully saturated rings. The van der Waals surface area contributed by atoms with Gasteiger partial charge in [0.15, 0.2) is 5.17 Å². The van der Waals surface area contributed by atoms with Crippen molar-refractivity contribution in [3.05, 3.63) is 29.3 Å². The quantitative estimate of drug-likeness (QED) is 0.820. The summed E-state index contributed by atoms with van der Waals surface area (Å²) in [6.45, 7) is -0.278. The summed E-state index contributed by atoms with van der Waals surface area (Å²) in [6.07, 6.45) is -0.0867. The first-order chi connectivity index (χ1) is 10.9. The Morgan fingerprint density at radius 2 is 2.09 bits per heavy atom. The lowest BCUT2D eigenvalue weighted by atomic mass is 10.2. The van der Waals surface area contributed by atoms with E-state index in [9.17, 15) is 14.4 Å². The second-order valence-corrected chi connectivity index (χ2v) is 6.25. The SMILES string of the molecule is COC(=O)CN1C(=O)CC(C(N)=O)SC1=Nc1ccc(Cl)cc1. The molecule has 2 amide bonds. The largest absolute Gasteiger partial charge is 0.468 e. The molecule has 1 aromatic rings. The van der Waals surface area contributed by atoms with Crippen molar-refractivity contribution in [2.24, 2.45) is 10.7 Å². The van der Waals surface area contributed by atoms with Gasteiger partial charge in [-0.25, -0.2) is 4.99 Å². The highest BCUT2D eigenvalue weighted by molar-refractivity contribution is 8.15. The topological polar surface area (TPSA) is 102 Å².